The number of hydrogen-bond donors (Lipinski definition) is 2. The van der Waals surface area contributed by atoms with Gasteiger partial charge in [-0.1, -0.05) is 39.0 Å². The fourth-order valence-electron chi connectivity index (χ4n) is 2.39. The number of hydrazone groups is 1. The Labute approximate surface area is 114 Å². The molecular weight excluding hydrogens is 240 g/mol. The van der Waals surface area contributed by atoms with Crippen molar-refractivity contribution in [2.24, 2.45) is 16.4 Å². The Balaban J connectivity index is 2.27. The van der Waals surface area contributed by atoms with Crippen LogP contribution in [-0.4, -0.2) is 28.3 Å². The van der Waals surface area contributed by atoms with Gasteiger partial charge >= 0.3 is 0 Å². The second kappa shape index (κ2) is 4.94. The summed E-state index contributed by atoms with van der Waals surface area (Å²) in [5.41, 5.74) is 1.30. The van der Waals surface area contributed by atoms with Gasteiger partial charge in [0, 0.05) is 5.71 Å². The second-order valence-corrected chi connectivity index (χ2v) is 6.17. The lowest BCUT2D eigenvalue weighted by Gasteiger charge is -2.33. The number of anilines is 1. The van der Waals surface area contributed by atoms with Crippen molar-refractivity contribution in [2.75, 3.05) is 5.01 Å². The van der Waals surface area contributed by atoms with E-state index in [4.69, 9.17) is 0 Å². The van der Waals surface area contributed by atoms with Gasteiger partial charge in [0.15, 0.2) is 6.23 Å². The minimum absolute atomic E-state index is 0.297. The van der Waals surface area contributed by atoms with Crippen molar-refractivity contribution in [2.45, 2.75) is 40.0 Å². The zero-order valence-corrected chi connectivity index (χ0v) is 11.9. The topological polar surface area (TPSA) is 56.1 Å². The molecule has 104 valence electrons. The number of para-hydroxylation sites is 1. The summed E-state index contributed by atoms with van der Waals surface area (Å²) in [4.78, 5) is 0. The molecule has 1 aliphatic heterocycles. The first-order valence-electron chi connectivity index (χ1n) is 6.58. The molecule has 0 aliphatic carbocycles. The van der Waals surface area contributed by atoms with Crippen LogP contribution in [0.3, 0.4) is 0 Å². The van der Waals surface area contributed by atoms with Crippen LogP contribution < -0.4 is 5.01 Å². The van der Waals surface area contributed by atoms with Gasteiger partial charge in [-0.15, -0.1) is 0 Å². The standard InChI is InChI=1S/C15H22N2O2/c1-10-12(13(18)15(2,3)4)14(19)17(16-10)11-8-6-5-7-9-11/h5-9,12-14,18-19H,1-4H3. The molecular formula is C15H22N2O2. The summed E-state index contributed by atoms with van der Waals surface area (Å²) in [6.45, 7) is 7.74. The van der Waals surface area contributed by atoms with E-state index in [1.807, 2.05) is 58.0 Å². The Bertz CT molecular complexity index is 465. The monoisotopic (exact) mass is 262 g/mol. The largest absolute Gasteiger partial charge is 0.392 e. The lowest BCUT2D eigenvalue weighted by molar-refractivity contribution is -0.0101. The molecule has 0 fully saturated rings. The summed E-state index contributed by atoms with van der Waals surface area (Å²) in [7, 11) is 0. The highest BCUT2D eigenvalue weighted by Crippen LogP contribution is 2.34. The number of hydrogen-bond acceptors (Lipinski definition) is 4. The molecule has 0 radical (unpaired) electrons. The third-order valence-electron chi connectivity index (χ3n) is 3.57. The van der Waals surface area contributed by atoms with E-state index in [0.717, 1.165) is 11.4 Å². The van der Waals surface area contributed by atoms with E-state index in [0.29, 0.717) is 0 Å². The van der Waals surface area contributed by atoms with E-state index in [2.05, 4.69) is 5.10 Å². The van der Waals surface area contributed by atoms with Crippen LogP contribution in [0.15, 0.2) is 35.4 Å². The minimum Gasteiger partial charge on any atom is -0.392 e. The Hall–Kier alpha value is -1.39. The second-order valence-electron chi connectivity index (χ2n) is 6.17. The molecule has 2 N–H and O–H groups in total. The number of nitrogens with zero attached hydrogens (tertiary/aromatic N) is 2. The molecule has 0 amide bonds. The predicted molar refractivity (Wildman–Crippen MR) is 77.0 cm³/mol. The third-order valence-corrected chi connectivity index (χ3v) is 3.57. The highest BCUT2D eigenvalue weighted by Gasteiger charge is 2.43. The number of rotatable bonds is 2. The van der Waals surface area contributed by atoms with Crippen LogP contribution in [0.4, 0.5) is 5.69 Å². The zero-order chi connectivity index (χ0) is 14.2. The van der Waals surface area contributed by atoms with Crippen molar-refractivity contribution >= 4 is 11.4 Å². The van der Waals surface area contributed by atoms with E-state index in [9.17, 15) is 10.2 Å². The van der Waals surface area contributed by atoms with Crippen LogP contribution in [0.25, 0.3) is 0 Å². The first-order chi connectivity index (χ1) is 8.82. The van der Waals surface area contributed by atoms with E-state index in [1.54, 1.807) is 5.01 Å². The van der Waals surface area contributed by atoms with Crippen LogP contribution >= 0.6 is 0 Å². The van der Waals surface area contributed by atoms with Gasteiger partial charge in [-0.05, 0) is 24.5 Å². The van der Waals surface area contributed by atoms with Gasteiger partial charge in [0.2, 0.25) is 0 Å². The lowest BCUT2D eigenvalue weighted by Crippen LogP contribution is -2.45. The quantitative estimate of drug-likeness (QED) is 0.859. The van der Waals surface area contributed by atoms with Gasteiger partial charge in [0.1, 0.15) is 0 Å². The van der Waals surface area contributed by atoms with Crippen molar-refractivity contribution in [3.8, 4) is 0 Å². The van der Waals surface area contributed by atoms with Gasteiger partial charge in [-0.2, -0.15) is 5.10 Å². The first-order valence-corrected chi connectivity index (χ1v) is 6.58. The molecule has 0 aromatic heterocycles. The fourth-order valence-corrected chi connectivity index (χ4v) is 2.39. The maximum absolute atomic E-state index is 10.5. The van der Waals surface area contributed by atoms with Crippen molar-refractivity contribution in [1.29, 1.82) is 0 Å². The molecule has 3 atom stereocenters. The van der Waals surface area contributed by atoms with Crippen LogP contribution in [-0.2, 0) is 0 Å². The van der Waals surface area contributed by atoms with Gasteiger partial charge < -0.3 is 10.2 Å². The average molecular weight is 262 g/mol. The van der Waals surface area contributed by atoms with Gasteiger partial charge in [-0.25, -0.2) is 5.01 Å². The van der Waals surface area contributed by atoms with Gasteiger partial charge in [-0.3, -0.25) is 0 Å². The zero-order valence-electron chi connectivity index (χ0n) is 11.9. The molecule has 0 saturated carbocycles. The highest BCUT2D eigenvalue weighted by molar-refractivity contribution is 5.89. The van der Waals surface area contributed by atoms with E-state index in [-0.39, 0.29) is 11.3 Å². The molecule has 4 heteroatoms. The predicted octanol–water partition coefficient (Wildman–Crippen LogP) is 2.22. The first kappa shape index (κ1) is 14.0. The van der Waals surface area contributed by atoms with E-state index >= 15 is 0 Å². The normalized spacial score (nSPS) is 25.4. The molecule has 1 aromatic rings. The van der Waals surface area contributed by atoms with Crippen molar-refractivity contribution in [3.05, 3.63) is 30.3 Å². The number of aliphatic hydroxyl groups is 2. The Morgan fingerprint density at radius 2 is 1.79 bits per heavy atom. The summed E-state index contributed by atoms with van der Waals surface area (Å²) in [6.07, 6.45) is -1.46. The average Bonchev–Trinajstić information content (AvgIpc) is 2.64. The van der Waals surface area contributed by atoms with Crippen molar-refractivity contribution in [3.63, 3.8) is 0 Å². The highest BCUT2D eigenvalue weighted by atomic mass is 16.3. The van der Waals surface area contributed by atoms with Crippen LogP contribution in [0.2, 0.25) is 0 Å². The van der Waals surface area contributed by atoms with E-state index in [1.165, 1.54) is 0 Å². The summed E-state index contributed by atoms with van der Waals surface area (Å²) in [6, 6.07) is 9.52. The molecule has 4 nitrogen and oxygen atoms in total. The maximum atomic E-state index is 10.5. The van der Waals surface area contributed by atoms with E-state index < -0.39 is 12.3 Å². The van der Waals surface area contributed by atoms with Gasteiger partial charge in [0.05, 0.1) is 17.7 Å². The van der Waals surface area contributed by atoms with Crippen LogP contribution in [0.1, 0.15) is 27.7 Å². The molecule has 1 aliphatic rings. The molecule has 0 bridgehead atoms. The van der Waals surface area contributed by atoms with Gasteiger partial charge in [0.25, 0.3) is 0 Å². The molecule has 3 unspecified atom stereocenters. The summed E-state index contributed by atoms with van der Waals surface area (Å²) in [5.74, 6) is -0.361. The molecule has 0 spiro atoms. The summed E-state index contributed by atoms with van der Waals surface area (Å²) in [5, 5.41) is 26.9. The minimum atomic E-state index is -0.823. The SMILES string of the molecule is CC1=NN(c2ccccc2)C(O)C1C(O)C(C)(C)C. The van der Waals surface area contributed by atoms with Crippen LogP contribution in [0.5, 0.6) is 0 Å². The Morgan fingerprint density at radius 3 is 2.32 bits per heavy atom. The number of aliphatic hydroxyl groups excluding tert-OH is 2. The summed E-state index contributed by atoms with van der Waals surface area (Å²) < 4.78 is 0. The smallest absolute Gasteiger partial charge is 0.158 e. The fraction of sp³-hybridized carbons (Fsp3) is 0.533. The molecule has 1 aromatic carbocycles. The molecule has 0 saturated heterocycles. The van der Waals surface area contributed by atoms with Crippen molar-refractivity contribution in [1.82, 2.24) is 0 Å². The maximum Gasteiger partial charge on any atom is 0.158 e. The number of benzene rings is 1. The lowest BCUT2D eigenvalue weighted by atomic mass is 9.79. The Kier molecular flexibility index (Phi) is 3.65. The Morgan fingerprint density at radius 1 is 1.21 bits per heavy atom. The van der Waals surface area contributed by atoms with Crippen LogP contribution in [0, 0.1) is 11.3 Å². The van der Waals surface area contributed by atoms with Crippen molar-refractivity contribution < 1.29 is 10.2 Å². The molecule has 19 heavy (non-hydrogen) atoms. The third kappa shape index (κ3) is 2.65. The molecule has 2 rings (SSSR count). The summed E-state index contributed by atoms with van der Waals surface area (Å²) >= 11 is 0. The molecule has 1 heterocycles.